The van der Waals surface area contributed by atoms with Crippen molar-refractivity contribution >= 4 is 11.9 Å². The van der Waals surface area contributed by atoms with E-state index in [1.165, 1.54) is 11.2 Å². The summed E-state index contributed by atoms with van der Waals surface area (Å²) in [5, 5.41) is 9.45. The summed E-state index contributed by atoms with van der Waals surface area (Å²) in [6.45, 7) is 0.449. The Hall–Kier alpha value is -3.03. The summed E-state index contributed by atoms with van der Waals surface area (Å²) in [7, 11) is 0. The van der Waals surface area contributed by atoms with Crippen LogP contribution in [0.25, 0.3) is 0 Å². The van der Waals surface area contributed by atoms with Gasteiger partial charge in [-0.2, -0.15) is 0 Å². The maximum atomic E-state index is 12.6. The quantitative estimate of drug-likeness (QED) is 0.862. The number of H-pyrrole nitrogens is 1. The highest BCUT2D eigenvalue weighted by Crippen LogP contribution is 2.33. The molecule has 2 N–H and O–H groups in total. The van der Waals surface area contributed by atoms with Crippen LogP contribution < -0.4 is 9.47 Å². The molecule has 2 aromatic rings. The molecule has 130 valence electrons. The molecule has 0 aliphatic carbocycles. The minimum absolute atomic E-state index is 0.190. The van der Waals surface area contributed by atoms with Gasteiger partial charge in [-0.3, -0.25) is 4.79 Å². The number of aromatic amines is 1. The van der Waals surface area contributed by atoms with Crippen molar-refractivity contribution in [2.75, 3.05) is 6.79 Å². The number of aromatic nitrogens is 2. The monoisotopic (exact) mass is 343 g/mol. The number of ether oxygens (including phenoxy) is 2. The molecule has 8 heteroatoms. The van der Waals surface area contributed by atoms with Gasteiger partial charge in [0.1, 0.15) is 6.04 Å². The van der Waals surface area contributed by atoms with Gasteiger partial charge < -0.3 is 24.5 Å². The van der Waals surface area contributed by atoms with E-state index in [0.29, 0.717) is 23.6 Å². The van der Waals surface area contributed by atoms with E-state index in [-0.39, 0.29) is 32.1 Å². The molecule has 0 saturated heterocycles. The van der Waals surface area contributed by atoms with Gasteiger partial charge in [0.25, 0.3) is 0 Å². The number of carbonyl (C=O) groups excluding carboxylic acids is 1. The van der Waals surface area contributed by atoms with Crippen molar-refractivity contribution < 1.29 is 24.2 Å². The van der Waals surface area contributed by atoms with E-state index < -0.39 is 12.0 Å². The number of fused-ring (bicyclic) bond motifs is 2. The van der Waals surface area contributed by atoms with Crippen molar-refractivity contribution in [3.63, 3.8) is 0 Å². The van der Waals surface area contributed by atoms with Gasteiger partial charge in [0.2, 0.25) is 12.7 Å². The summed E-state index contributed by atoms with van der Waals surface area (Å²) in [6, 6.07) is 4.69. The van der Waals surface area contributed by atoms with E-state index in [0.717, 1.165) is 11.3 Å². The van der Waals surface area contributed by atoms with E-state index >= 15 is 0 Å². The molecule has 1 amide bonds. The second-order valence-electron chi connectivity index (χ2n) is 6.10. The molecule has 1 unspecified atom stereocenters. The Morgan fingerprint density at radius 1 is 1.32 bits per heavy atom. The van der Waals surface area contributed by atoms with Crippen LogP contribution in [-0.4, -0.2) is 44.7 Å². The number of nitrogens with zero attached hydrogens (tertiary/aromatic N) is 2. The number of aliphatic carboxylic acids is 1. The lowest BCUT2D eigenvalue weighted by Gasteiger charge is -2.32. The first-order chi connectivity index (χ1) is 12.1. The Kier molecular flexibility index (Phi) is 3.79. The number of carbonyl (C=O) groups is 2. The number of nitrogens with one attached hydrogen (secondary N) is 1. The molecule has 0 spiro atoms. The number of carboxylic acids is 1. The van der Waals surface area contributed by atoms with Crippen molar-refractivity contribution in [3.8, 4) is 11.5 Å². The Balaban J connectivity index is 1.45. The number of carboxylic acid groups (broad SMARTS) is 1. The molecule has 0 fully saturated rings. The molecule has 1 aromatic carbocycles. The van der Waals surface area contributed by atoms with E-state index in [1.54, 1.807) is 0 Å². The fraction of sp³-hybridized carbons (Fsp3) is 0.353. The maximum absolute atomic E-state index is 12.6. The molecular formula is C17H17N3O5. The molecule has 2 aliphatic heterocycles. The zero-order chi connectivity index (χ0) is 17.4. The standard InChI is InChI=1S/C17H17N3O5/c21-16(4-2-10-1-3-14-15(5-10)25-9-24-14)20-7-12-11(18-8-19-12)6-13(20)17(22)23/h1,3,5,8,13H,2,4,6-7,9H2,(H,18,19)(H,22,23). The average Bonchev–Trinajstić information content (AvgIpc) is 3.26. The van der Waals surface area contributed by atoms with Crippen molar-refractivity contribution in [3.05, 3.63) is 41.5 Å². The molecule has 25 heavy (non-hydrogen) atoms. The highest BCUT2D eigenvalue weighted by atomic mass is 16.7. The van der Waals surface area contributed by atoms with Crippen molar-refractivity contribution in [1.82, 2.24) is 14.9 Å². The van der Waals surface area contributed by atoms with E-state index in [2.05, 4.69) is 9.97 Å². The first-order valence-electron chi connectivity index (χ1n) is 8.04. The van der Waals surface area contributed by atoms with Gasteiger partial charge in [-0.05, 0) is 24.1 Å². The van der Waals surface area contributed by atoms with Crippen LogP contribution in [0.15, 0.2) is 24.5 Å². The average molecular weight is 343 g/mol. The molecule has 0 bridgehead atoms. The van der Waals surface area contributed by atoms with Crippen molar-refractivity contribution in [2.24, 2.45) is 0 Å². The third kappa shape index (κ3) is 2.90. The summed E-state index contributed by atoms with van der Waals surface area (Å²) < 4.78 is 10.6. The van der Waals surface area contributed by atoms with E-state index in [4.69, 9.17) is 9.47 Å². The Morgan fingerprint density at radius 2 is 2.16 bits per heavy atom. The molecule has 3 heterocycles. The van der Waals surface area contributed by atoms with Crippen LogP contribution in [0.3, 0.4) is 0 Å². The van der Waals surface area contributed by atoms with Crippen LogP contribution >= 0.6 is 0 Å². The van der Waals surface area contributed by atoms with Crippen LogP contribution in [0, 0.1) is 0 Å². The lowest BCUT2D eigenvalue weighted by Crippen LogP contribution is -2.48. The topological polar surface area (TPSA) is 105 Å². The van der Waals surface area contributed by atoms with Crippen LogP contribution in [0.1, 0.15) is 23.4 Å². The van der Waals surface area contributed by atoms with Crippen molar-refractivity contribution in [1.29, 1.82) is 0 Å². The highest BCUT2D eigenvalue weighted by molar-refractivity contribution is 5.84. The van der Waals surface area contributed by atoms with Crippen LogP contribution in [0.4, 0.5) is 0 Å². The number of hydrogen-bond acceptors (Lipinski definition) is 5. The highest BCUT2D eigenvalue weighted by Gasteiger charge is 2.35. The predicted octanol–water partition coefficient (Wildman–Crippen LogP) is 1.11. The van der Waals surface area contributed by atoms with Gasteiger partial charge >= 0.3 is 5.97 Å². The van der Waals surface area contributed by atoms with Crippen LogP contribution in [0.5, 0.6) is 11.5 Å². The number of amides is 1. The zero-order valence-corrected chi connectivity index (χ0v) is 13.4. The lowest BCUT2D eigenvalue weighted by molar-refractivity contribution is -0.151. The zero-order valence-electron chi connectivity index (χ0n) is 13.4. The number of imidazole rings is 1. The van der Waals surface area contributed by atoms with Crippen LogP contribution in [-0.2, 0) is 29.0 Å². The first-order valence-corrected chi connectivity index (χ1v) is 8.04. The van der Waals surface area contributed by atoms with E-state index in [9.17, 15) is 14.7 Å². The van der Waals surface area contributed by atoms with E-state index in [1.807, 2.05) is 18.2 Å². The summed E-state index contributed by atoms with van der Waals surface area (Å²) in [6.07, 6.45) is 2.50. The largest absolute Gasteiger partial charge is 0.480 e. The number of benzene rings is 1. The van der Waals surface area contributed by atoms with Crippen molar-refractivity contribution in [2.45, 2.75) is 31.8 Å². The predicted molar refractivity (Wildman–Crippen MR) is 85.2 cm³/mol. The minimum Gasteiger partial charge on any atom is -0.480 e. The molecule has 8 nitrogen and oxygen atoms in total. The molecule has 0 radical (unpaired) electrons. The second-order valence-corrected chi connectivity index (χ2v) is 6.10. The Bertz CT molecular complexity index is 831. The molecular weight excluding hydrogens is 326 g/mol. The molecule has 0 saturated carbocycles. The third-order valence-corrected chi connectivity index (χ3v) is 4.57. The summed E-state index contributed by atoms with van der Waals surface area (Å²) >= 11 is 0. The normalized spacial score (nSPS) is 18.1. The fourth-order valence-corrected chi connectivity index (χ4v) is 3.21. The second kappa shape index (κ2) is 6.12. The minimum atomic E-state index is -1.01. The van der Waals surface area contributed by atoms with Gasteiger partial charge in [0.05, 0.1) is 24.3 Å². The van der Waals surface area contributed by atoms with Gasteiger partial charge in [0, 0.05) is 12.8 Å². The first kappa shape index (κ1) is 15.5. The number of aryl methyl sites for hydroxylation is 1. The molecule has 4 rings (SSSR count). The number of hydrogen-bond donors (Lipinski definition) is 2. The lowest BCUT2D eigenvalue weighted by atomic mass is 10.0. The third-order valence-electron chi connectivity index (χ3n) is 4.57. The number of rotatable bonds is 4. The molecule has 1 atom stereocenters. The molecule has 2 aliphatic rings. The molecule has 1 aromatic heterocycles. The Labute approximate surface area is 143 Å². The van der Waals surface area contributed by atoms with Gasteiger partial charge in [0.15, 0.2) is 11.5 Å². The van der Waals surface area contributed by atoms with Gasteiger partial charge in [-0.15, -0.1) is 0 Å². The Morgan fingerprint density at radius 3 is 3.00 bits per heavy atom. The summed E-state index contributed by atoms with van der Waals surface area (Å²) in [5.41, 5.74) is 2.46. The van der Waals surface area contributed by atoms with Gasteiger partial charge in [-0.25, -0.2) is 9.78 Å². The summed E-state index contributed by atoms with van der Waals surface area (Å²) in [5.74, 6) is 0.174. The van der Waals surface area contributed by atoms with Gasteiger partial charge in [-0.1, -0.05) is 6.07 Å². The van der Waals surface area contributed by atoms with Crippen LogP contribution in [0.2, 0.25) is 0 Å². The SMILES string of the molecule is O=C(O)C1Cc2nc[nH]c2CN1C(=O)CCc1ccc2c(c1)OCO2. The smallest absolute Gasteiger partial charge is 0.326 e. The summed E-state index contributed by atoms with van der Waals surface area (Å²) in [4.78, 5) is 32.7. The fourth-order valence-electron chi connectivity index (χ4n) is 3.21. The maximum Gasteiger partial charge on any atom is 0.326 e.